The largest absolute Gasteiger partial charge is 0.310 e. The molecule has 0 aromatic carbocycles. The highest BCUT2D eigenvalue weighted by Gasteiger charge is 2.28. The Hall–Kier alpha value is -0.960. The molecule has 0 bridgehead atoms. The van der Waals surface area contributed by atoms with Crippen LogP contribution in [0.15, 0.2) is 6.07 Å². The van der Waals surface area contributed by atoms with Gasteiger partial charge < -0.3 is 5.32 Å². The molecule has 1 fully saturated rings. The Kier molecular flexibility index (Phi) is 6.16. The summed E-state index contributed by atoms with van der Waals surface area (Å²) in [6.45, 7) is 9.95. The highest BCUT2D eigenvalue weighted by molar-refractivity contribution is 5.25. The van der Waals surface area contributed by atoms with Gasteiger partial charge in [0, 0.05) is 6.04 Å². The van der Waals surface area contributed by atoms with Gasteiger partial charge in [-0.1, -0.05) is 33.6 Å². The number of nitrogens with zero attached hydrogens (tertiary/aromatic N) is 2. The molecule has 1 heterocycles. The summed E-state index contributed by atoms with van der Waals surface area (Å²) in [5.74, 6) is 1.65. The van der Waals surface area contributed by atoms with Gasteiger partial charge in [-0.2, -0.15) is 10.2 Å². The minimum Gasteiger partial charge on any atom is -0.310 e. The van der Waals surface area contributed by atoms with E-state index in [9.17, 15) is 0 Å². The second kappa shape index (κ2) is 7.88. The lowest BCUT2D eigenvalue weighted by molar-refractivity contribution is 0.230. The monoisotopic (exact) mass is 289 g/mol. The molecular weight excluding hydrogens is 258 g/mol. The number of hydrogen-bond donors (Lipinski definition) is 1. The molecule has 0 amide bonds. The molecule has 118 valence electrons. The van der Waals surface area contributed by atoms with Crippen molar-refractivity contribution < 1.29 is 0 Å². The zero-order valence-electron chi connectivity index (χ0n) is 14.2. The molecule has 1 atom stereocenters. The van der Waals surface area contributed by atoms with Crippen LogP contribution in [-0.4, -0.2) is 16.7 Å². The molecule has 2 rings (SSSR count). The molecule has 1 aromatic heterocycles. The Bertz CT molecular complexity index is 436. The van der Waals surface area contributed by atoms with E-state index in [4.69, 9.17) is 0 Å². The molecule has 0 aliphatic heterocycles. The van der Waals surface area contributed by atoms with Crippen molar-refractivity contribution in [2.24, 2.45) is 11.8 Å². The van der Waals surface area contributed by atoms with Crippen LogP contribution < -0.4 is 5.32 Å². The fraction of sp³-hybridized carbons (Fsp3) is 0.778. The SMILES string of the molecule is CCCNC(c1cc(C)nnc1CC)C1CCC(C)CC1. The number of rotatable bonds is 6. The summed E-state index contributed by atoms with van der Waals surface area (Å²) < 4.78 is 0. The van der Waals surface area contributed by atoms with E-state index in [0.29, 0.717) is 6.04 Å². The average Bonchev–Trinajstić information content (AvgIpc) is 2.49. The third-order valence-electron chi connectivity index (χ3n) is 4.84. The molecule has 3 nitrogen and oxygen atoms in total. The van der Waals surface area contributed by atoms with Gasteiger partial charge in [0.05, 0.1) is 11.4 Å². The average molecular weight is 289 g/mol. The van der Waals surface area contributed by atoms with Crippen molar-refractivity contribution >= 4 is 0 Å². The van der Waals surface area contributed by atoms with E-state index >= 15 is 0 Å². The summed E-state index contributed by atoms with van der Waals surface area (Å²) in [5.41, 5.74) is 3.61. The molecule has 3 heteroatoms. The molecule has 1 saturated carbocycles. The minimum atomic E-state index is 0.460. The van der Waals surface area contributed by atoms with Crippen LogP contribution in [0.3, 0.4) is 0 Å². The lowest BCUT2D eigenvalue weighted by Crippen LogP contribution is -2.32. The summed E-state index contributed by atoms with van der Waals surface area (Å²) in [7, 11) is 0. The zero-order chi connectivity index (χ0) is 15.2. The Morgan fingerprint density at radius 3 is 2.52 bits per heavy atom. The molecule has 1 aromatic rings. The zero-order valence-corrected chi connectivity index (χ0v) is 14.2. The Morgan fingerprint density at radius 2 is 1.90 bits per heavy atom. The first-order chi connectivity index (χ1) is 10.2. The van der Waals surface area contributed by atoms with E-state index in [1.165, 1.54) is 43.4 Å². The predicted molar refractivity (Wildman–Crippen MR) is 88.3 cm³/mol. The molecule has 0 saturated heterocycles. The number of aromatic nitrogens is 2. The lowest BCUT2D eigenvalue weighted by Gasteiger charge is -2.34. The van der Waals surface area contributed by atoms with Crippen LogP contribution in [-0.2, 0) is 6.42 Å². The van der Waals surface area contributed by atoms with Crippen molar-refractivity contribution in [1.82, 2.24) is 15.5 Å². The second-order valence-corrected chi connectivity index (χ2v) is 6.69. The molecule has 21 heavy (non-hydrogen) atoms. The summed E-state index contributed by atoms with van der Waals surface area (Å²) in [6.07, 6.45) is 7.57. The van der Waals surface area contributed by atoms with E-state index in [-0.39, 0.29) is 0 Å². The van der Waals surface area contributed by atoms with Gasteiger partial charge in [0.2, 0.25) is 0 Å². The van der Waals surface area contributed by atoms with Gasteiger partial charge in [0.15, 0.2) is 0 Å². The highest BCUT2D eigenvalue weighted by atomic mass is 15.1. The molecule has 0 spiro atoms. The topological polar surface area (TPSA) is 37.8 Å². The fourth-order valence-corrected chi connectivity index (χ4v) is 3.53. The van der Waals surface area contributed by atoms with Gasteiger partial charge in [-0.05, 0) is 62.6 Å². The van der Waals surface area contributed by atoms with Crippen LogP contribution >= 0.6 is 0 Å². The second-order valence-electron chi connectivity index (χ2n) is 6.69. The smallest absolute Gasteiger partial charge is 0.0676 e. The predicted octanol–water partition coefficient (Wildman–Crippen LogP) is 4.21. The molecule has 1 unspecified atom stereocenters. The summed E-state index contributed by atoms with van der Waals surface area (Å²) in [5, 5.41) is 12.5. The maximum Gasteiger partial charge on any atom is 0.0676 e. The first-order valence-electron chi connectivity index (χ1n) is 8.72. The summed E-state index contributed by atoms with van der Waals surface area (Å²) in [6, 6.07) is 2.72. The molecule has 0 radical (unpaired) electrons. The Balaban J connectivity index is 2.24. The van der Waals surface area contributed by atoms with Crippen molar-refractivity contribution in [2.75, 3.05) is 6.54 Å². The Morgan fingerprint density at radius 1 is 1.19 bits per heavy atom. The van der Waals surface area contributed by atoms with Crippen molar-refractivity contribution in [1.29, 1.82) is 0 Å². The van der Waals surface area contributed by atoms with E-state index in [1.807, 2.05) is 0 Å². The summed E-state index contributed by atoms with van der Waals surface area (Å²) >= 11 is 0. The van der Waals surface area contributed by atoms with Crippen molar-refractivity contribution in [2.45, 2.75) is 72.3 Å². The van der Waals surface area contributed by atoms with Crippen molar-refractivity contribution in [3.8, 4) is 0 Å². The lowest BCUT2D eigenvalue weighted by atomic mass is 9.77. The molecular formula is C18H31N3. The molecule has 1 aliphatic rings. The number of nitrogens with one attached hydrogen (secondary N) is 1. The quantitative estimate of drug-likeness (QED) is 0.852. The first kappa shape index (κ1) is 16.4. The highest BCUT2D eigenvalue weighted by Crippen LogP contribution is 2.37. The van der Waals surface area contributed by atoms with E-state index in [1.54, 1.807) is 0 Å². The van der Waals surface area contributed by atoms with Crippen LogP contribution in [0.2, 0.25) is 0 Å². The maximum atomic E-state index is 4.45. The van der Waals surface area contributed by atoms with E-state index in [2.05, 4.69) is 49.3 Å². The van der Waals surface area contributed by atoms with Gasteiger partial charge in [0.25, 0.3) is 0 Å². The molecule has 1 aliphatic carbocycles. The first-order valence-corrected chi connectivity index (χ1v) is 8.72. The van der Waals surface area contributed by atoms with Gasteiger partial charge in [0.1, 0.15) is 0 Å². The Labute approximate surface area is 129 Å². The van der Waals surface area contributed by atoms with Crippen LogP contribution in [0.1, 0.15) is 75.9 Å². The van der Waals surface area contributed by atoms with Gasteiger partial charge >= 0.3 is 0 Å². The number of aryl methyl sites for hydroxylation is 2. The summed E-state index contributed by atoms with van der Waals surface area (Å²) in [4.78, 5) is 0. The third-order valence-corrected chi connectivity index (χ3v) is 4.84. The maximum absolute atomic E-state index is 4.45. The van der Waals surface area contributed by atoms with Crippen LogP contribution in [0.5, 0.6) is 0 Å². The van der Waals surface area contributed by atoms with Crippen molar-refractivity contribution in [3.63, 3.8) is 0 Å². The van der Waals surface area contributed by atoms with E-state index < -0.39 is 0 Å². The van der Waals surface area contributed by atoms with Gasteiger partial charge in [-0.3, -0.25) is 0 Å². The van der Waals surface area contributed by atoms with Gasteiger partial charge in [-0.15, -0.1) is 0 Å². The van der Waals surface area contributed by atoms with Crippen molar-refractivity contribution in [3.05, 3.63) is 23.0 Å². The third kappa shape index (κ3) is 4.26. The standard InChI is InChI=1S/C18H31N3/c1-5-11-19-18(15-9-7-13(3)8-10-15)16-12-14(4)20-21-17(16)6-2/h12-13,15,18-19H,5-11H2,1-4H3. The van der Waals surface area contributed by atoms with Gasteiger partial charge in [-0.25, -0.2) is 0 Å². The van der Waals surface area contributed by atoms with E-state index in [0.717, 1.165) is 30.5 Å². The minimum absolute atomic E-state index is 0.460. The van der Waals surface area contributed by atoms with Crippen LogP contribution in [0.4, 0.5) is 0 Å². The fourth-order valence-electron chi connectivity index (χ4n) is 3.53. The van der Waals surface area contributed by atoms with Crippen LogP contribution in [0.25, 0.3) is 0 Å². The number of hydrogen-bond acceptors (Lipinski definition) is 3. The van der Waals surface area contributed by atoms with Crippen LogP contribution in [0, 0.1) is 18.8 Å². The molecule has 1 N–H and O–H groups in total. The normalized spacial score (nSPS) is 24.0.